The molecule has 48 heavy (non-hydrogen) atoms. The van der Waals surface area contributed by atoms with Gasteiger partial charge in [0.2, 0.25) is 5.79 Å². The molecule has 2 fully saturated rings. The molecule has 2 aliphatic heterocycles. The third-order valence-corrected chi connectivity index (χ3v) is 8.58. The largest absolute Gasteiger partial charge is 0.491 e. The van der Waals surface area contributed by atoms with Crippen LogP contribution in [0.2, 0.25) is 5.02 Å². The van der Waals surface area contributed by atoms with E-state index in [-0.39, 0.29) is 6.10 Å². The molecule has 4 aromatic carbocycles. The average Bonchev–Trinajstić information content (AvgIpc) is 3.79. The van der Waals surface area contributed by atoms with E-state index in [1.54, 1.807) is 23.1 Å². The number of carbonyl (C=O) groups excluding carboxylic acids is 1. The van der Waals surface area contributed by atoms with Crippen LogP contribution in [-0.4, -0.2) is 66.4 Å². The summed E-state index contributed by atoms with van der Waals surface area (Å²) >= 11 is 6.13. The van der Waals surface area contributed by atoms with Crippen LogP contribution in [0.4, 0.5) is 21.9 Å². The number of aromatic nitrogens is 3. The van der Waals surface area contributed by atoms with Crippen molar-refractivity contribution in [1.29, 1.82) is 0 Å². The molecule has 0 aliphatic carbocycles. The van der Waals surface area contributed by atoms with Gasteiger partial charge in [-0.05, 0) is 72.8 Å². The molecule has 0 spiro atoms. The Balaban J connectivity index is 0.883. The molecule has 2 saturated heterocycles. The van der Waals surface area contributed by atoms with E-state index in [4.69, 9.17) is 30.5 Å². The molecular formula is C36H35ClN6O5. The number of halogens is 1. The lowest BCUT2D eigenvalue weighted by Crippen LogP contribution is -2.46. The van der Waals surface area contributed by atoms with Crippen molar-refractivity contribution in [2.24, 2.45) is 0 Å². The summed E-state index contributed by atoms with van der Waals surface area (Å²) in [6, 6.07) is 32.4. The number of rotatable bonds is 10. The zero-order valence-corrected chi connectivity index (χ0v) is 26.9. The average molecular weight is 667 g/mol. The Morgan fingerprint density at radius 1 is 0.854 bits per heavy atom. The van der Waals surface area contributed by atoms with Crippen LogP contribution in [0.5, 0.6) is 11.5 Å². The Bertz CT molecular complexity index is 1770. The van der Waals surface area contributed by atoms with E-state index in [0.717, 1.165) is 48.9 Å². The number of anilines is 3. The van der Waals surface area contributed by atoms with E-state index in [1.165, 1.54) is 6.33 Å². The van der Waals surface area contributed by atoms with Gasteiger partial charge in [0.25, 0.3) is 0 Å². The second-order valence-corrected chi connectivity index (χ2v) is 12.0. The van der Waals surface area contributed by atoms with Crippen LogP contribution >= 0.6 is 11.6 Å². The Hall–Kier alpha value is -5.10. The summed E-state index contributed by atoms with van der Waals surface area (Å²) in [5, 5.41) is 7.66. The van der Waals surface area contributed by atoms with Gasteiger partial charge in [-0.25, -0.2) is 14.5 Å². The molecule has 0 bridgehead atoms. The van der Waals surface area contributed by atoms with E-state index in [0.29, 0.717) is 36.2 Å². The number of hydrogen-bond donors (Lipinski definition) is 1. The van der Waals surface area contributed by atoms with Crippen molar-refractivity contribution in [3.8, 4) is 11.5 Å². The van der Waals surface area contributed by atoms with Gasteiger partial charge in [-0.3, -0.25) is 5.32 Å². The summed E-state index contributed by atoms with van der Waals surface area (Å²) in [6.45, 7) is 4.59. The molecule has 2 aliphatic rings. The first-order valence-corrected chi connectivity index (χ1v) is 16.2. The van der Waals surface area contributed by atoms with Crippen molar-refractivity contribution in [3.63, 3.8) is 0 Å². The summed E-state index contributed by atoms with van der Waals surface area (Å²) in [5.41, 5.74) is 3.79. The topological polar surface area (TPSA) is 103 Å². The third kappa shape index (κ3) is 7.54. The maximum Gasteiger partial charge on any atom is 0.417 e. The highest BCUT2D eigenvalue weighted by Gasteiger charge is 2.44. The first kappa shape index (κ1) is 31.5. The van der Waals surface area contributed by atoms with Crippen LogP contribution in [0.3, 0.4) is 0 Å². The molecule has 0 saturated carbocycles. The highest BCUT2D eigenvalue weighted by molar-refractivity contribution is 6.30. The van der Waals surface area contributed by atoms with E-state index in [2.05, 4.69) is 37.3 Å². The fraction of sp³-hybridized carbons (Fsp3) is 0.250. The first-order valence-electron chi connectivity index (χ1n) is 15.8. The van der Waals surface area contributed by atoms with Gasteiger partial charge in [-0.15, -0.1) is 0 Å². The molecule has 3 heterocycles. The van der Waals surface area contributed by atoms with Gasteiger partial charge in [0.1, 0.15) is 43.4 Å². The highest BCUT2D eigenvalue weighted by Crippen LogP contribution is 2.37. The lowest BCUT2D eigenvalue weighted by atomic mass is 10.1. The Morgan fingerprint density at radius 3 is 2.17 bits per heavy atom. The molecule has 12 heteroatoms. The van der Waals surface area contributed by atoms with Crippen molar-refractivity contribution < 1.29 is 23.7 Å². The standard InChI is InChI=1S/C36H35ClN6O5/c37-28-8-6-27(7-9-28)36(24-43-26-38-25-39-43)46-23-34(48-36)22-45-32-16-14-31(15-17-32)42-20-18-41(19-21-42)30-12-10-29(11-13-30)40-35(44)47-33-4-2-1-3-5-33/h1-17,25-26,34H,18-24H2,(H,40,44). The fourth-order valence-electron chi connectivity index (χ4n) is 5.86. The van der Waals surface area contributed by atoms with Crippen LogP contribution in [0.15, 0.2) is 116 Å². The molecular weight excluding hydrogens is 632 g/mol. The van der Waals surface area contributed by atoms with Gasteiger partial charge < -0.3 is 28.7 Å². The second kappa shape index (κ2) is 14.3. The van der Waals surface area contributed by atoms with E-state index < -0.39 is 11.9 Å². The second-order valence-electron chi connectivity index (χ2n) is 11.6. The predicted octanol–water partition coefficient (Wildman–Crippen LogP) is 6.22. The molecule has 2 atom stereocenters. The van der Waals surface area contributed by atoms with Gasteiger partial charge in [0.05, 0.1) is 6.61 Å². The highest BCUT2D eigenvalue weighted by atomic mass is 35.5. The maximum absolute atomic E-state index is 12.2. The minimum Gasteiger partial charge on any atom is -0.491 e. The summed E-state index contributed by atoms with van der Waals surface area (Å²) in [7, 11) is 0. The van der Waals surface area contributed by atoms with Crippen molar-refractivity contribution >= 4 is 34.8 Å². The number of amides is 1. The van der Waals surface area contributed by atoms with Gasteiger partial charge in [-0.1, -0.05) is 41.9 Å². The van der Waals surface area contributed by atoms with Crippen LogP contribution in [0.25, 0.3) is 0 Å². The minimum absolute atomic E-state index is 0.273. The number of carbonyl (C=O) groups is 1. The molecule has 5 aromatic rings. The Kier molecular flexibility index (Phi) is 9.41. The molecule has 246 valence electrons. The van der Waals surface area contributed by atoms with Crippen LogP contribution in [0, 0.1) is 0 Å². The smallest absolute Gasteiger partial charge is 0.417 e. The first-order chi connectivity index (χ1) is 23.5. The monoisotopic (exact) mass is 666 g/mol. The van der Waals surface area contributed by atoms with Crippen LogP contribution in [0.1, 0.15) is 5.56 Å². The van der Waals surface area contributed by atoms with Gasteiger partial charge >= 0.3 is 6.09 Å². The van der Waals surface area contributed by atoms with Crippen LogP contribution in [-0.2, 0) is 21.8 Å². The lowest BCUT2D eigenvalue weighted by Gasteiger charge is -2.37. The minimum atomic E-state index is -1.02. The van der Waals surface area contributed by atoms with Crippen molar-refractivity contribution in [1.82, 2.24) is 14.8 Å². The molecule has 7 rings (SSSR count). The molecule has 11 nitrogen and oxygen atoms in total. The number of ether oxygens (including phenoxy) is 4. The predicted molar refractivity (Wildman–Crippen MR) is 183 cm³/mol. The number of nitrogens with zero attached hydrogens (tertiary/aromatic N) is 5. The summed E-state index contributed by atoms with van der Waals surface area (Å²) < 4.78 is 25.9. The maximum atomic E-state index is 12.2. The van der Waals surface area contributed by atoms with Gasteiger partial charge in [-0.2, -0.15) is 5.10 Å². The van der Waals surface area contributed by atoms with E-state index in [9.17, 15) is 4.79 Å². The number of benzene rings is 4. The summed E-state index contributed by atoms with van der Waals surface area (Å²) in [6.07, 6.45) is 2.33. The number of nitrogens with one attached hydrogen (secondary N) is 1. The fourth-order valence-corrected chi connectivity index (χ4v) is 5.99. The lowest BCUT2D eigenvalue weighted by molar-refractivity contribution is -0.190. The normalized spacial score (nSPS) is 19.2. The van der Waals surface area contributed by atoms with Gasteiger partial charge in [0.15, 0.2) is 0 Å². The summed E-state index contributed by atoms with van der Waals surface area (Å²) in [5.74, 6) is 0.245. The van der Waals surface area contributed by atoms with Crippen molar-refractivity contribution in [3.05, 3.63) is 126 Å². The third-order valence-electron chi connectivity index (χ3n) is 8.33. The quantitative estimate of drug-likeness (QED) is 0.186. The molecule has 2 unspecified atom stereocenters. The Morgan fingerprint density at radius 2 is 1.52 bits per heavy atom. The molecule has 1 amide bonds. The van der Waals surface area contributed by atoms with Crippen LogP contribution < -0.4 is 24.6 Å². The zero-order valence-electron chi connectivity index (χ0n) is 26.2. The zero-order chi connectivity index (χ0) is 32.8. The molecule has 1 N–H and O–H groups in total. The van der Waals surface area contributed by atoms with Crippen molar-refractivity contribution in [2.45, 2.75) is 18.4 Å². The number of para-hydroxylation sites is 1. The van der Waals surface area contributed by atoms with Crippen molar-refractivity contribution in [2.75, 3.05) is 54.5 Å². The van der Waals surface area contributed by atoms with E-state index in [1.807, 2.05) is 78.9 Å². The number of piperazine rings is 1. The molecule has 1 aromatic heterocycles. The summed E-state index contributed by atoms with van der Waals surface area (Å²) in [4.78, 5) is 21.0. The number of hydrogen-bond acceptors (Lipinski definition) is 9. The Labute approximate surface area is 283 Å². The molecule has 0 radical (unpaired) electrons. The SMILES string of the molecule is O=C(Nc1ccc(N2CCN(c3ccc(OCC4COC(Cn5cncn5)(c5ccc(Cl)cc5)O4)cc3)CC2)cc1)Oc1ccccc1. The van der Waals surface area contributed by atoms with E-state index >= 15 is 0 Å². The van der Waals surface area contributed by atoms with Gasteiger partial charge in [0, 0.05) is 53.8 Å².